The highest BCUT2D eigenvalue weighted by Gasteiger charge is 2.35. The van der Waals surface area contributed by atoms with Crippen molar-refractivity contribution in [3.8, 4) is 5.75 Å². The first-order valence-electron chi connectivity index (χ1n) is 10.3. The van der Waals surface area contributed by atoms with E-state index in [1.165, 1.54) is 6.08 Å². The Bertz CT molecular complexity index is 1240. The Morgan fingerprint density at radius 1 is 1.26 bits per heavy atom. The number of rotatable bonds is 9. The van der Waals surface area contributed by atoms with Crippen molar-refractivity contribution >= 4 is 21.6 Å². The lowest BCUT2D eigenvalue weighted by atomic mass is 10.1. The smallest absolute Gasteiger partial charge is 0.433 e. The highest BCUT2D eigenvalue weighted by atomic mass is 32.2. The minimum atomic E-state index is -4.82. The number of hydrogen-bond donors (Lipinski definition) is 2. The molecule has 190 valence electrons. The minimum absolute atomic E-state index is 0.0182. The van der Waals surface area contributed by atoms with Gasteiger partial charge in [0.1, 0.15) is 17.3 Å². The summed E-state index contributed by atoms with van der Waals surface area (Å²) in [6.07, 6.45) is -1.04. The van der Waals surface area contributed by atoms with Crippen LogP contribution in [0.2, 0.25) is 0 Å². The first-order valence-corrected chi connectivity index (χ1v) is 12.3. The zero-order chi connectivity index (χ0) is 26.0. The SMILES string of the molecule is COc1c(F)cc(F)cc1CNc1nc(C(F)(F)F)ccc1C(=O)N[C@H](/C=C/S(C)(=O)=O)C1CC1. The number of nitrogens with one attached hydrogen (secondary N) is 2. The first kappa shape index (κ1) is 26.4. The van der Waals surface area contributed by atoms with Crippen LogP contribution < -0.4 is 15.4 Å². The average Bonchev–Trinajstić information content (AvgIpc) is 3.58. The number of pyridine rings is 1. The molecule has 35 heavy (non-hydrogen) atoms. The van der Waals surface area contributed by atoms with Gasteiger partial charge in [-0.25, -0.2) is 22.2 Å². The number of hydrogen-bond acceptors (Lipinski definition) is 6. The van der Waals surface area contributed by atoms with Crippen molar-refractivity contribution in [2.24, 2.45) is 5.92 Å². The maximum absolute atomic E-state index is 14.0. The van der Waals surface area contributed by atoms with E-state index in [4.69, 9.17) is 4.74 Å². The van der Waals surface area contributed by atoms with Crippen molar-refractivity contribution in [2.75, 3.05) is 18.7 Å². The number of alkyl halides is 3. The van der Waals surface area contributed by atoms with Crippen molar-refractivity contribution in [2.45, 2.75) is 31.6 Å². The summed E-state index contributed by atoms with van der Waals surface area (Å²) in [4.78, 5) is 16.4. The number of halogens is 5. The summed E-state index contributed by atoms with van der Waals surface area (Å²) >= 11 is 0. The molecule has 2 N–H and O–H groups in total. The number of methoxy groups -OCH3 is 1. The summed E-state index contributed by atoms with van der Waals surface area (Å²) in [5.41, 5.74) is -1.61. The van der Waals surface area contributed by atoms with Gasteiger partial charge in [-0.15, -0.1) is 0 Å². The van der Waals surface area contributed by atoms with Gasteiger partial charge in [-0.05, 0) is 37.0 Å². The van der Waals surface area contributed by atoms with Crippen molar-refractivity contribution in [3.63, 3.8) is 0 Å². The Balaban J connectivity index is 1.92. The molecule has 2 aromatic rings. The van der Waals surface area contributed by atoms with E-state index in [0.717, 1.165) is 43.7 Å². The summed E-state index contributed by atoms with van der Waals surface area (Å²) in [5, 5.41) is 6.09. The molecule has 0 spiro atoms. The predicted octanol–water partition coefficient (Wildman–Crippen LogP) is 4.07. The van der Waals surface area contributed by atoms with Crippen LogP contribution in [-0.4, -0.2) is 38.7 Å². The largest absolute Gasteiger partial charge is 0.493 e. The monoisotopic (exact) mass is 519 g/mol. The van der Waals surface area contributed by atoms with Gasteiger partial charge in [0.2, 0.25) is 0 Å². The van der Waals surface area contributed by atoms with Crippen LogP contribution in [0.1, 0.15) is 34.5 Å². The predicted molar refractivity (Wildman–Crippen MR) is 117 cm³/mol. The van der Waals surface area contributed by atoms with Crippen LogP contribution in [0.3, 0.4) is 0 Å². The van der Waals surface area contributed by atoms with E-state index in [1.54, 1.807) is 0 Å². The lowest BCUT2D eigenvalue weighted by Gasteiger charge is -2.18. The van der Waals surface area contributed by atoms with Crippen LogP contribution in [0.25, 0.3) is 0 Å². The van der Waals surface area contributed by atoms with E-state index in [9.17, 15) is 35.2 Å². The number of carbonyl (C=O) groups excluding carboxylic acids is 1. The summed E-state index contributed by atoms with van der Waals surface area (Å²) in [6.45, 7) is -0.410. The van der Waals surface area contributed by atoms with E-state index >= 15 is 0 Å². The fourth-order valence-electron chi connectivity index (χ4n) is 3.32. The van der Waals surface area contributed by atoms with E-state index in [1.807, 2.05) is 0 Å². The first-order chi connectivity index (χ1) is 16.3. The van der Waals surface area contributed by atoms with E-state index in [0.29, 0.717) is 12.1 Å². The van der Waals surface area contributed by atoms with Gasteiger partial charge >= 0.3 is 6.18 Å². The molecule has 1 heterocycles. The Morgan fingerprint density at radius 3 is 2.51 bits per heavy atom. The molecule has 0 unspecified atom stereocenters. The minimum Gasteiger partial charge on any atom is -0.493 e. The fraction of sp³-hybridized carbons (Fsp3) is 0.364. The molecule has 13 heteroatoms. The molecule has 1 aromatic carbocycles. The highest BCUT2D eigenvalue weighted by Crippen LogP contribution is 2.34. The van der Waals surface area contributed by atoms with Crippen molar-refractivity contribution in [1.29, 1.82) is 0 Å². The van der Waals surface area contributed by atoms with Gasteiger partial charge in [-0.1, -0.05) is 6.08 Å². The number of ether oxygens (including phenoxy) is 1. The Labute approximate surface area is 198 Å². The molecule has 0 bridgehead atoms. The molecule has 1 amide bonds. The molecule has 1 saturated carbocycles. The molecule has 1 aliphatic carbocycles. The molecule has 1 aliphatic rings. The number of carbonyl (C=O) groups is 1. The maximum Gasteiger partial charge on any atom is 0.433 e. The number of nitrogens with zero attached hydrogens (tertiary/aromatic N) is 1. The van der Waals surface area contributed by atoms with Crippen LogP contribution in [0, 0.1) is 17.6 Å². The number of amides is 1. The molecule has 1 fully saturated rings. The van der Waals surface area contributed by atoms with E-state index < -0.39 is 57.7 Å². The van der Waals surface area contributed by atoms with Crippen molar-refractivity contribution in [1.82, 2.24) is 10.3 Å². The van der Waals surface area contributed by atoms with Gasteiger partial charge in [0.05, 0.1) is 18.7 Å². The number of benzene rings is 1. The Hall–Kier alpha value is -3.22. The summed E-state index contributed by atoms with van der Waals surface area (Å²) in [6, 6.07) is 2.40. The third-order valence-electron chi connectivity index (χ3n) is 5.13. The zero-order valence-electron chi connectivity index (χ0n) is 18.6. The molecule has 3 rings (SSSR count). The third-order valence-corrected chi connectivity index (χ3v) is 5.78. The fourth-order valence-corrected chi connectivity index (χ4v) is 3.78. The molecule has 1 atom stereocenters. The molecule has 0 aliphatic heterocycles. The maximum atomic E-state index is 14.0. The van der Waals surface area contributed by atoms with E-state index in [2.05, 4.69) is 15.6 Å². The summed E-state index contributed by atoms with van der Waals surface area (Å²) in [5.74, 6) is -3.57. The quantitative estimate of drug-likeness (QED) is 0.485. The zero-order valence-corrected chi connectivity index (χ0v) is 19.4. The molecular formula is C22H22F5N3O4S. The Kier molecular flexibility index (Phi) is 7.68. The molecule has 0 radical (unpaired) electrons. The van der Waals surface area contributed by atoms with Gasteiger partial charge in [0.25, 0.3) is 5.91 Å². The van der Waals surface area contributed by atoms with Gasteiger partial charge in [-0.2, -0.15) is 13.2 Å². The second-order valence-corrected chi connectivity index (χ2v) is 9.95. The molecule has 7 nitrogen and oxygen atoms in total. The van der Waals surface area contributed by atoms with Crippen LogP contribution in [0.15, 0.2) is 35.7 Å². The third kappa shape index (κ3) is 7.13. The van der Waals surface area contributed by atoms with Gasteiger partial charge in [0, 0.05) is 29.8 Å². The van der Waals surface area contributed by atoms with Crippen LogP contribution in [0.5, 0.6) is 5.75 Å². The lowest BCUT2D eigenvalue weighted by molar-refractivity contribution is -0.141. The lowest BCUT2D eigenvalue weighted by Crippen LogP contribution is -2.35. The number of sulfone groups is 1. The summed E-state index contributed by atoms with van der Waals surface area (Å²) < 4.78 is 95.2. The Morgan fingerprint density at radius 2 is 1.94 bits per heavy atom. The summed E-state index contributed by atoms with van der Waals surface area (Å²) in [7, 11) is -2.32. The molecular weight excluding hydrogens is 497 g/mol. The second-order valence-electron chi connectivity index (χ2n) is 8.02. The highest BCUT2D eigenvalue weighted by molar-refractivity contribution is 7.93. The standard InChI is InChI=1S/C22H22F5N3O4S/c1-34-19-13(9-14(23)10-16(19)24)11-28-20-15(5-6-18(30-20)22(25,26)27)21(31)29-17(12-3-4-12)7-8-35(2,32)33/h5-10,12,17H,3-4,11H2,1-2H3,(H,28,30)(H,29,31)/b8-7+/t17-/m1/s1. The normalized spacial score (nSPS) is 15.2. The van der Waals surface area contributed by atoms with Crippen LogP contribution in [0.4, 0.5) is 27.8 Å². The van der Waals surface area contributed by atoms with Gasteiger partial charge in [0.15, 0.2) is 21.4 Å². The van der Waals surface area contributed by atoms with Crippen molar-refractivity contribution < 1.29 is 39.9 Å². The number of anilines is 1. The van der Waals surface area contributed by atoms with Crippen LogP contribution in [-0.2, 0) is 22.6 Å². The van der Waals surface area contributed by atoms with Gasteiger partial charge < -0.3 is 15.4 Å². The van der Waals surface area contributed by atoms with Gasteiger partial charge in [-0.3, -0.25) is 4.79 Å². The average molecular weight is 519 g/mol. The van der Waals surface area contributed by atoms with Crippen molar-refractivity contribution in [3.05, 3.63) is 64.2 Å². The number of aromatic nitrogens is 1. The molecule has 1 aromatic heterocycles. The van der Waals surface area contributed by atoms with E-state index in [-0.39, 0.29) is 22.8 Å². The topological polar surface area (TPSA) is 97.4 Å². The molecule has 0 saturated heterocycles. The second kappa shape index (κ2) is 10.2. The van der Waals surface area contributed by atoms with Crippen LogP contribution >= 0.6 is 0 Å².